The van der Waals surface area contributed by atoms with Crippen LogP contribution in [0.2, 0.25) is 0 Å². The summed E-state index contributed by atoms with van der Waals surface area (Å²) in [7, 11) is 3.54. The number of hydrogen-bond donors (Lipinski definition) is 1. The van der Waals surface area contributed by atoms with E-state index in [4.69, 9.17) is 9.47 Å². The van der Waals surface area contributed by atoms with Crippen molar-refractivity contribution < 1.29 is 24.2 Å². The van der Waals surface area contributed by atoms with Gasteiger partial charge in [0, 0.05) is 26.1 Å². The van der Waals surface area contributed by atoms with E-state index in [1.807, 2.05) is 13.0 Å². The number of carbonyl (C=O) groups excluding carboxylic acids is 1. The number of aromatic nitrogens is 4. The van der Waals surface area contributed by atoms with Gasteiger partial charge in [0.1, 0.15) is 23.7 Å². The summed E-state index contributed by atoms with van der Waals surface area (Å²) in [5, 5.41) is 17.5. The maximum Gasteiger partial charge on any atom is 0.410 e. The van der Waals surface area contributed by atoms with E-state index >= 15 is 0 Å². The number of nitrogens with zero attached hydrogens (tertiary/aromatic N) is 5. The number of aryl methyl sites for hydroxylation is 2. The monoisotopic (exact) mass is 457 g/mol. The molecule has 0 saturated heterocycles. The summed E-state index contributed by atoms with van der Waals surface area (Å²) in [5.41, 5.74) is 2.49. The van der Waals surface area contributed by atoms with Crippen LogP contribution in [0.1, 0.15) is 49.9 Å². The average molecular weight is 458 g/mol. The van der Waals surface area contributed by atoms with Crippen LogP contribution in [0.15, 0.2) is 12.1 Å². The Bertz CT molecular complexity index is 1020. The second kappa shape index (κ2) is 9.76. The molecule has 2 aromatic heterocycles. The minimum Gasteiger partial charge on any atom is -0.491 e. The Balaban J connectivity index is 1.40. The number of aliphatic carboxylic acids is 1. The van der Waals surface area contributed by atoms with Crippen LogP contribution in [0, 0.1) is 18.8 Å². The SMILES string of the molecule is Cc1nc(-c2nnn(C)c2COC(=O)N(C)C2CCCC2)ccc1OC[C@@H]1CC[C@H]1C(=O)O. The smallest absolute Gasteiger partial charge is 0.410 e. The van der Waals surface area contributed by atoms with E-state index < -0.39 is 5.97 Å². The van der Waals surface area contributed by atoms with Crippen LogP contribution in [0.3, 0.4) is 0 Å². The molecule has 33 heavy (non-hydrogen) atoms. The fraction of sp³-hybridized carbons (Fsp3) is 0.609. The maximum absolute atomic E-state index is 12.5. The van der Waals surface area contributed by atoms with E-state index in [2.05, 4.69) is 15.3 Å². The maximum atomic E-state index is 12.5. The highest BCUT2D eigenvalue weighted by Crippen LogP contribution is 2.35. The number of amides is 1. The van der Waals surface area contributed by atoms with Crippen LogP contribution >= 0.6 is 0 Å². The Kier molecular flexibility index (Phi) is 6.80. The lowest BCUT2D eigenvalue weighted by Gasteiger charge is -2.33. The summed E-state index contributed by atoms with van der Waals surface area (Å²) in [6, 6.07) is 3.84. The van der Waals surface area contributed by atoms with Gasteiger partial charge in [0.15, 0.2) is 0 Å². The third kappa shape index (κ3) is 4.94. The normalized spacial score (nSPS) is 20.3. The Morgan fingerprint density at radius 1 is 1.21 bits per heavy atom. The molecule has 2 aliphatic rings. The molecule has 10 nitrogen and oxygen atoms in total. The van der Waals surface area contributed by atoms with E-state index in [9.17, 15) is 14.7 Å². The van der Waals surface area contributed by atoms with Crippen LogP contribution in [0.25, 0.3) is 11.4 Å². The third-order valence-electron chi connectivity index (χ3n) is 6.90. The van der Waals surface area contributed by atoms with Crippen molar-refractivity contribution in [2.45, 2.75) is 58.1 Å². The van der Waals surface area contributed by atoms with Gasteiger partial charge in [0.05, 0.1) is 23.9 Å². The van der Waals surface area contributed by atoms with Crippen molar-refractivity contribution in [2.24, 2.45) is 18.9 Å². The van der Waals surface area contributed by atoms with E-state index in [1.54, 1.807) is 29.7 Å². The lowest BCUT2D eigenvalue weighted by atomic mass is 9.74. The molecule has 2 heterocycles. The number of carboxylic acid groups (broad SMARTS) is 1. The van der Waals surface area contributed by atoms with Gasteiger partial charge in [-0.1, -0.05) is 18.1 Å². The molecule has 0 unspecified atom stereocenters. The number of carbonyl (C=O) groups is 2. The second-order valence-electron chi connectivity index (χ2n) is 8.99. The van der Waals surface area contributed by atoms with Crippen molar-refractivity contribution in [1.82, 2.24) is 24.9 Å². The predicted molar refractivity (Wildman–Crippen MR) is 119 cm³/mol. The van der Waals surface area contributed by atoms with E-state index in [0.717, 1.165) is 32.1 Å². The first-order valence-electron chi connectivity index (χ1n) is 11.5. The summed E-state index contributed by atoms with van der Waals surface area (Å²) in [6.45, 7) is 2.24. The van der Waals surface area contributed by atoms with Gasteiger partial charge in [-0.3, -0.25) is 4.79 Å². The quantitative estimate of drug-likeness (QED) is 0.642. The zero-order chi connectivity index (χ0) is 23.5. The molecule has 0 bridgehead atoms. The summed E-state index contributed by atoms with van der Waals surface area (Å²) >= 11 is 0. The molecule has 2 atom stereocenters. The van der Waals surface area contributed by atoms with Crippen LogP contribution in [0.4, 0.5) is 4.79 Å². The van der Waals surface area contributed by atoms with Crippen molar-refractivity contribution >= 4 is 12.1 Å². The number of carboxylic acids is 1. The molecule has 0 aliphatic heterocycles. The van der Waals surface area contributed by atoms with Crippen molar-refractivity contribution in [2.75, 3.05) is 13.7 Å². The Morgan fingerprint density at radius 3 is 2.61 bits per heavy atom. The Hall–Kier alpha value is -3.17. The first kappa shape index (κ1) is 23.0. The van der Waals surface area contributed by atoms with Crippen LogP contribution in [-0.4, -0.2) is 61.7 Å². The van der Waals surface area contributed by atoms with Crippen LogP contribution in [-0.2, 0) is 23.2 Å². The van der Waals surface area contributed by atoms with Gasteiger partial charge in [-0.15, -0.1) is 5.10 Å². The van der Waals surface area contributed by atoms with Gasteiger partial charge in [-0.25, -0.2) is 14.5 Å². The zero-order valence-electron chi connectivity index (χ0n) is 19.4. The van der Waals surface area contributed by atoms with Gasteiger partial charge in [0.25, 0.3) is 0 Å². The second-order valence-corrected chi connectivity index (χ2v) is 8.99. The predicted octanol–water partition coefficient (Wildman–Crippen LogP) is 3.19. The minimum atomic E-state index is -0.759. The molecule has 2 fully saturated rings. The number of pyridine rings is 1. The van der Waals surface area contributed by atoms with Crippen molar-refractivity contribution in [1.29, 1.82) is 0 Å². The molecule has 2 aromatic rings. The molecule has 1 amide bonds. The highest BCUT2D eigenvalue weighted by atomic mass is 16.6. The zero-order valence-corrected chi connectivity index (χ0v) is 19.4. The van der Waals surface area contributed by atoms with Crippen molar-refractivity contribution in [3.63, 3.8) is 0 Å². The van der Waals surface area contributed by atoms with Crippen LogP contribution in [0.5, 0.6) is 5.75 Å². The largest absolute Gasteiger partial charge is 0.491 e. The molecule has 2 saturated carbocycles. The molecular formula is C23H31N5O5. The third-order valence-corrected chi connectivity index (χ3v) is 6.90. The summed E-state index contributed by atoms with van der Waals surface area (Å²) in [6.07, 6.45) is 5.53. The fourth-order valence-corrected chi connectivity index (χ4v) is 4.53. The van der Waals surface area contributed by atoms with Gasteiger partial charge in [-0.05, 0) is 44.7 Å². The van der Waals surface area contributed by atoms with E-state index in [1.165, 1.54) is 0 Å². The molecule has 178 valence electrons. The standard InChI is InChI=1S/C23H31N5O5/c1-14-20(32-12-15-8-9-17(15)22(29)30)11-10-18(24-14)21-19(28(3)26-25-21)13-33-23(31)27(2)16-6-4-5-7-16/h10-11,15-17H,4-9,12-13H2,1-3H3,(H,29,30)/t15-,17+/m0/s1. The summed E-state index contributed by atoms with van der Waals surface area (Å²) < 4.78 is 13.0. The minimum absolute atomic E-state index is 0.0326. The Morgan fingerprint density at radius 2 is 1.97 bits per heavy atom. The molecule has 4 rings (SSSR count). The number of ether oxygens (including phenoxy) is 2. The molecule has 10 heteroatoms. The lowest BCUT2D eigenvalue weighted by molar-refractivity contribution is -0.148. The van der Waals surface area contributed by atoms with Crippen molar-refractivity contribution in [3.05, 3.63) is 23.5 Å². The highest BCUT2D eigenvalue weighted by Gasteiger charge is 2.37. The molecular weight excluding hydrogens is 426 g/mol. The molecule has 1 N–H and O–H groups in total. The first-order chi connectivity index (χ1) is 15.8. The van der Waals surface area contributed by atoms with E-state index in [-0.39, 0.29) is 30.6 Å². The topological polar surface area (TPSA) is 120 Å². The summed E-state index contributed by atoms with van der Waals surface area (Å²) in [5.74, 6) is -0.435. The molecule has 0 spiro atoms. The fourth-order valence-electron chi connectivity index (χ4n) is 4.53. The van der Waals surface area contributed by atoms with E-state index in [0.29, 0.717) is 41.6 Å². The lowest BCUT2D eigenvalue weighted by Crippen LogP contribution is -2.36. The number of rotatable bonds is 8. The van der Waals surface area contributed by atoms with Gasteiger partial charge < -0.3 is 19.5 Å². The Labute approximate surface area is 192 Å². The summed E-state index contributed by atoms with van der Waals surface area (Å²) in [4.78, 5) is 30.0. The van der Waals surface area contributed by atoms with Gasteiger partial charge in [0.2, 0.25) is 0 Å². The highest BCUT2D eigenvalue weighted by molar-refractivity contribution is 5.71. The first-order valence-corrected chi connectivity index (χ1v) is 11.5. The number of hydrogen-bond acceptors (Lipinski definition) is 7. The van der Waals surface area contributed by atoms with Gasteiger partial charge in [-0.2, -0.15) is 0 Å². The van der Waals surface area contributed by atoms with Crippen molar-refractivity contribution in [3.8, 4) is 17.1 Å². The molecule has 0 aromatic carbocycles. The average Bonchev–Trinajstić information content (AvgIpc) is 3.41. The van der Waals surface area contributed by atoms with Crippen LogP contribution < -0.4 is 4.74 Å². The molecule has 0 radical (unpaired) electrons. The van der Waals surface area contributed by atoms with Gasteiger partial charge >= 0.3 is 12.1 Å². The molecule has 2 aliphatic carbocycles.